The van der Waals surface area contributed by atoms with E-state index in [9.17, 15) is 14.0 Å². The molecule has 2 aromatic rings. The first-order chi connectivity index (χ1) is 14.6. The Balaban J connectivity index is 1.45. The van der Waals surface area contributed by atoms with Gasteiger partial charge in [-0.2, -0.15) is 5.26 Å². The van der Waals surface area contributed by atoms with Crippen LogP contribution in [-0.4, -0.2) is 28.9 Å². The van der Waals surface area contributed by atoms with Gasteiger partial charge < -0.3 is 9.64 Å². The van der Waals surface area contributed by atoms with Gasteiger partial charge >= 0.3 is 6.09 Å². The molecule has 2 aromatic carbocycles. The minimum absolute atomic E-state index is 0.0365. The SMILES string of the molecule is N#Cc1cc(C(=O)C2CC3CCCC(C2)N3C(=O)OCc2ccccc2)ccc1F. The monoisotopic (exact) mass is 406 g/mol. The summed E-state index contributed by atoms with van der Waals surface area (Å²) in [7, 11) is 0. The van der Waals surface area contributed by atoms with Crippen molar-refractivity contribution >= 4 is 11.9 Å². The van der Waals surface area contributed by atoms with Crippen molar-refractivity contribution in [1.29, 1.82) is 5.26 Å². The molecule has 2 saturated heterocycles. The molecule has 30 heavy (non-hydrogen) atoms. The van der Waals surface area contributed by atoms with Crippen molar-refractivity contribution in [3.05, 3.63) is 71.0 Å². The highest BCUT2D eigenvalue weighted by Crippen LogP contribution is 2.39. The number of carbonyl (C=O) groups is 2. The van der Waals surface area contributed by atoms with Crippen molar-refractivity contribution in [2.45, 2.75) is 50.8 Å². The summed E-state index contributed by atoms with van der Waals surface area (Å²) in [6.07, 6.45) is 3.51. The van der Waals surface area contributed by atoms with Crippen LogP contribution in [0.25, 0.3) is 0 Å². The van der Waals surface area contributed by atoms with Gasteiger partial charge in [0.25, 0.3) is 0 Å². The number of rotatable bonds is 4. The van der Waals surface area contributed by atoms with Crippen molar-refractivity contribution < 1.29 is 18.7 Å². The average molecular weight is 406 g/mol. The van der Waals surface area contributed by atoms with Gasteiger partial charge in [0.1, 0.15) is 18.5 Å². The topological polar surface area (TPSA) is 70.4 Å². The fourth-order valence-electron chi connectivity index (χ4n) is 4.69. The number of nitrogens with zero attached hydrogens (tertiary/aromatic N) is 2. The molecule has 154 valence electrons. The van der Waals surface area contributed by atoms with Crippen LogP contribution in [0.2, 0.25) is 0 Å². The highest BCUT2D eigenvalue weighted by atomic mass is 19.1. The van der Waals surface area contributed by atoms with Crippen molar-refractivity contribution in [1.82, 2.24) is 4.90 Å². The number of ketones is 1. The van der Waals surface area contributed by atoms with Crippen molar-refractivity contribution in [2.75, 3.05) is 0 Å². The summed E-state index contributed by atoms with van der Waals surface area (Å²) in [6, 6.07) is 15.2. The van der Waals surface area contributed by atoms with E-state index in [1.165, 1.54) is 18.2 Å². The Morgan fingerprint density at radius 2 is 1.80 bits per heavy atom. The molecule has 2 unspecified atom stereocenters. The van der Waals surface area contributed by atoms with Gasteiger partial charge in [-0.3, -0.25) is 4.79 Å². The number of Topliss-reactive ketones (excluding diaryl/α,β-unsaturated/α-hetero) is 1. The number of piperidine rings is 2. The third kappa shape index (κ3) is 4.06. The lowest BCUT2D eigenvalue weighted by molar-refractivity contribution is 0.00472. The van der Waals surface area contributed by atoms with E-state index in [4.69, 9.17) is 10.00 Å². The van der Waals surface area contributed by atoms with Crippen molar-refractivity contribution in [3.8, 4) is 6.07 Å². The molecule has 0 spiro atoms. The van der Waals surface area contributed by atoms with E-state index in [1.807, 2.05) is 35.2 Å². The van der Waals surface area contributed by atoms with Gasteiger partial charge in [-0.15, -0.1) is 0 Å². The summed E-state index contributed by atoms with van der Waals surface area (Å²) >= 11 is 0. The van der Waals surface area contributed by atoms with Crippen molar-refractivity contribution in [2.24, 2.45) is 5.92 Å². The molecule has 2 atom stereocenters. The Morgan fingerprint density at radius 1 is 1.10 bits per heavy atom. The summed E-state index contributed by atoms with van der Waals surface area (Å²) in [5.74, 6) is -0.946. The summed E-state index contributed by atoms with van der Waals surface area (Å²) in [5.41, 5.74) is 1.17. The van der Waals surface area contributed by atoms with Crippen LogP contribution >= 0.6 is 0 Å². The molecule has 1 amide bonds. The number of carbonyl (C=O) groups excluding carboxylic acids is 2. The Kier molecular flexibility index (Phi) is 5.80. The minimum atomic E-state index is -0.623. The normalized spacial score (nSPS) is 22.8. The fraction of sp³-hybridized carbons (Fsp3) is 0.375. The molecular weight excluding hydrogens is 383 g/mol. The predicted molar refractivity (Wildman–Crippen MR) is 108 cm³/mol. The van der Waals surface area contributed by atoms with Crippen LogP contribution in [0.3, 0.4) is 0 Å². The molecule has 6 heteroatoms. The van der Waals surface area contributed by atoms with Crippen LogP contribution in [-0.2, 0) is 11.3 Å². The zero-order chi connectivity index (χ0) is 21.1. The molecule has 4 rings (SSSR count). The van der Waals surface area contributed by atoms with E-state index in [0.29, 0.717) is 18.4 Å². The van der Waals surface area contributed by atoms with Crippen LogP contribution < -0.4 is 0 Å². The molecule has 0 aromatic heterocycles. The molecule has 5 nitrogen and oxygen atoms in total. The van der Waals surface area contributed by atoms with E-state index < -0.39 is 5.82 Å². The number of fused-ring (bicyclic) bond motifs is 2. The fourth-order valence-corrected chi connectivity index (χ4v) is 4.69. The quantitative estimate of drug-likeness (QED) is 0.681. The number of amides is 1. The molecule has 0 N–H and O–H groups in total. The largest absolute Gasteiger partial charge is 0.445 e. The Labute approximate surface area is 175 Å². The van der Waals surface area contributed by atoms with Gasteiger partial charge in [0.15, 0.2) is 5.78 Å². The summed E-state index contributed by atoms with van der Waals surface area (Å²) in [4.78, 5) is 27.6. The van der Waals surface area contributed by atoms with Crippen LogP contribution in [0.4, 0.5) is 9.18 Å². The average Bonchev–Trinajstić information content (AvgIpc) is 2.77. The third-order valence-electron chi connectivity index (χ3n) is 6.13. The zero-order valence-corrected chi connectivity index (χ0v) is 16.6. The number of hydrogen-bond donors (Lipinski definition) is 0. The maximum atomic E-state index is 13.6. The van der Waals surface area contributed by atoms with Crippen LogP contribution in [0, 0.1) is 23.1 Å². The van der Waals surface area contributed by atoms with E-state index in [0.717, 1.165) is 24.8 Å². The minimum Gasteiger partial charge on any atom is -0.445 e. The molecule has 0 radical (unpaired) electrons. The van der Waals surface area contributed by atoms with Gasteiger partial charge in [-0.05, 0) is 55.9 Å². The Hall–Kier alpha value is -3.20. The lowest BCUT2D eigenvalue weighted by Crippen LogP contribution is -2.55. The van der Waals surface area contributed by atoms with Gasteiger partial charge in [0.2, 0.25) is 0 Å². The Morgan fingerprint density at radius 3 is 2.47 bits per heavy atom. The van der Waals surface area contributed by atoms with Gasteiger partial charge in [0, 0.05) is 23.6 Å². The molecule has 2 fully saturated rings. The number of nitriles is 1. The molecule has 0 aliphatic carbocycles. The third-order valence-corrected chi connectivity index (χ3v) is 6.13. The standard InChI is InChI=1S/C24H23FN2O3/c25-22-10-9-17(11-19(22)14-26)23(28)18-12-20-7-4-8-21(13-18)27(20)24(29)30-15-16-5-2-1-3-6-16/h1-3,5-6,9-11,18,20-21H,4,7-8,12-13,15H2. The molecule has 2 bridgehead atoms. The number of halogens is 1. The highest BCUT2D eigenvalue weighted by molar-refractivity contribution is 5.98. The molecule has 2 aliphatic heterocycles. The maximum absolute atomic E-state index is 13.6. The van der Waals surface area contributed by atoms with E-state index in [2.05, 4.69) is 0 Å². The highest BCUT2D eigenvalue weighted by Gasteiger charge is 2.43. The summed E-state index contributed by atoms with van der Waals surface area (Å²) < 4.78 is 19.2. The van der Waals surface area contributed by atoms with Gasteiger partial charge in [-0.1, -0.05) is 30.3 Å². The Bertz CT molecular complexity index is 972. The van der Waals surface area contributed by atoms with Crippen LogP contribution in [0.15, 0.2) is 48.5 Å². The van der Waals surface area contributed by atoms with E-state index in [-0.39, 0.29) is 42.0 Å². The smallest absolute Gasteiger partial charge is 0.410 e. The molecule has 2 heterocycles. The first kappa shape index (κ1) is 20.1. The second kappa shape index (κ2) is 8.66. The number of benzene rings is 2. The van der Waals surface area contributed by atoms with Crippen molar-refractivity contribution in [3.63, 3.8) is 0 Å². The first-order valence-corrected chi connectivity index (χ1v) is 10.3. The van der Waals surface area contributed by atoms with E-state index in [1.54, 1.807) is 6.07 Å². The zero-order valence-electron chi connectivity index (χ0n) is 16.6. The number of ether oxygens (including phenoxy) is 1. The summed E-state index contributed by atoms with van der Waals surface area (Å²) in [5, 5.41) is 9.04. The first-order valence-electron chi connectivity index (χ1n) is 10.3. The maximum Gasteiger partial charge on any atom is 0.410 e. The van der Waals surface area contributed by atoms with Gasteiger partial charge in [-0.25, -0.2) is 9.18 Å². The predicted octanol–water partition coefficient (Wildman–Crippen LogP) is 4.85. The number of hydrogen-bond acceptors (Lipinski definition) is 4. The van der Waals surface area contributed by atoms with Crippen LogP contribution in [0.1, 0.15) is 53.6 Å². The molecule has 2 aliphatic rings. The van der Waals surface area contributed by atoms with Gasteiger partial charge in [0.05, 0.1) is 5.56 Å². The lowest BCUT2D eigenvalue weighted by Gasteiger charge is -2.47. The second-order valence-electron chi connectivity index (χ2n) is 8.03. The second-order valence-corrected chi connectivity index (χ2v) is 8.03. The molecule has 0 saturated carbocycles. The summed E-state index contributed by atoms with van der Waals surface area (Å²) in [6.45, 7) is 0.227. The lowest BCUT2D eigenvalue weighted by atomic mass is 9.75. The van der Waals surface area contributed by atoms with E-state index >= 15 is 0 Å². The molecular formula is C24H23FN2O3. The van der Waals surface area contributed by atoms with Crippen LogP contribution in [0.5, 0.6) is 0 Å².